The van der Waals surface area contributed by atoms with Gasteiger partial charge in [-0.25, -0.2) is 4.39 Å². The van der Waals surface area contributed by atoms with E-state index in [0.29, 0.717) is 22.7 Å². The fourth-order valence-corrected chi connectivity index (χ4v) is 1.80. The Kier molecular flexibility index (Phi) is 7.23. The summed E-state index contributed by atoms with van der Waals surface area (Å²) >= 11 is 5.88. The van der Waals surface area contributed by atoms with Gasteiger partial charge in [0.15, 0.2) is 11.6 Å². The molecule has 0 heterocycles. The Morgan fingerprint density at radius 2 is 1.71 bits per heavy atom. The standard InChI is InChI=1S/C13H9BClF4O.K/c15-11-4-2-1-3-9(11)8-20-13-7-10(14(17,18)19)5-6-12(13)16;/h1-7H,8H2;/q-1;+1. The van der Waals surface area contributed by atoms with Crippen molar-refractivity contribution in [1.29, 1.82) is 0 Å². The second-order valence-corrected chi connectivity index (χ2v) is 4.55. The van der Waals surface area contributed by atoms with Crippen molar-refractivity contribution in [1.82, 2.24) is 0 Å². The molecule has 1 nitrogen and oxygen atoms in total. The molecule has 8 heteroatoms. The monoisotopic (exact) mass is 342 g/mol. The summed E-state index contributed by atoms with van der Waals surface area (Å²) < 4.78 is 56.3. The van der Waals surface area contributed by atoms with Gasteiger partial charge in [-0.05, 0) is 18.2 Å². The van der Waals surface area contributed by atoms with Crippen molar-refractivity contribution in [3.8, 4) is 5.75 Å². The SMILES string of the molecule is Fc1ccc([B-](F)(F)F)cc1OCc1ccccc1Cl.[K+]. The van der Waals surface area contributed by atoms with Crippen molar-refractivity contribution in [2.45, 2.75) is 6.61 Å². The van der Waals surface area contributed by atoms with Gasteiger partial charge in [0.1, 0.15) is 6.61 Å². The van der Waals surface area contributed by atoms with Crippen LogP contribution in [0, 0.1) is 5.82 Å². The van der Waals surface area contributed by atoms with Crippen LogP contribution in [0.3, 0.4) is 0 Å². The largest absolute Gasteiger partial charge is 1.00 e. The average molecular weight is 343 g/mol. The smallest absolute Gasteiger partial charge is 0.486 e. The number of halogens is 5. The van der Waals surface area contributed by atoms with E-state index in [1.165, 1.54) is 0 Å². The maximum atomic E-state index is 13.4. The predicted octanol–water partition coefficient (Wildman–Crippen LogP) is 1.12. The van der Waals surface area contributed by atoms with Gasteiger partial charge in [0.2, 0.25) is 0 Å². The number of hydrogen-bond donors (Lipinski definition) is 0. The van der Waals surface area contributed by atoms with E-state index in [4.69, 9.17) is 16.3 Å². The van der Waals surface area contributed by atoms with Gasteiger partial charge in [-0.2, -0.15) is 0 Å². The summed E-state index contributed by atoms with van der Waals surface area (Å²) in [6.45, 7) is -5.30. The van der Waals surface area contributed by atoms with Gasteiger partial charge in [-0.15, -0.1) is 5.46 Å². The van der Waals surface area contributed by atoms with E-state index >= 15 is 0 Å². The third-order valence-corrected chi connectivity index (χ3v) is 3.04. The van der Waals surface area contributed by atoms with Crippen molar-refractivity contribution in [3.05, 3.63) is 58.9 Å². The Morgan fingerprint density at radius 3 is 2.33 bits per heavy atom. The van der Waals surface area contributed by atoms with Gasteiger partial charge in [-0.1, -0.05) is 35.9 Å². The minimum absolute atomic E-state index is 0. The molecule has 0 aliphatic rings. The minimum atomic E-state index is -5.19. The molecular weight excluding hydrogens is 333 g/mol. The summed E-state index contributed by atoms with van der Waals surface area (Å²) in [5.74, 6) is -1.29. The van der Waals surface area contributed by atoms with Crippen LogP contribution in [0.15, 0.2) is 42.5 Å². The van der Waals surface area contributed by atoms with Crippen LogP contribution in [0.2, 0.25) is 5.02 Å². The second-order valence-electron chi connectivity index (χ2n) is 4.14. The Labute approximate surface area is 167 Å². The molecule has 0 bridgehead atoms. The van der Waals surface area contributed by atoms with E-state index in [9.17, 15) is 17.3 Å². The number of benzene rings is 2. The normalized spacial score (nSPS) is 10.9. The van der Waals surface area contributed by atoms with Crippen LogP contribution in [0.4, 0.5) is 17.3 Å². The zero-order valence-corrected chi connectivity index (χ0v) is 15.0. The van der Waals surface area contributed by atoms with Gasteiger partial charge >= 0.3 is 58.4 Å². The predicted molar refractivity (Wildman–Crippen MR) is 70.9 cm³/mol. The maximum Gasteiger partial charge on any atom is 1.00 e. The molecule has 2 aromatic rings. The molecule has 0 saturated heterocycles. The molecule has 0 aromatic heterocycles. The van der Waals surface area contributed by atoms with Crippen molar-refractivity contribution in [2.24, 2.45) is 0 Å². The van der Waals surface area contributed by atoms with E-state index in [1.54, 1.807) is 24.3 Å². The fraction of sp³-hybridized carbons (Fsp3) is 0.0769. The van der Waals surface area contributed by atoms with E-state index in [2.05, 4.69) is 0 Å². The second kappa shape index (κ2) is 7.99. The Bertz CT molecular complexity index is 621. The summed E-state index contributed by atoms with van der Waals surface area (Å²) in [4.78, 5) is 0. The molecule has 0 aliphatic heterocycles. The quantitative estimate of drug-likeness (QED) is 0.598. The van der Waals surface area contributed by atoms with Crippen LogP contribution in [0.5, 0.6) is 5.75 Å². The molecule has 2 aromatic carbocycles. The van der Waals surface area contributed by atoms with Gasteiger partial charge in [0.25, 0.3) is 0 Å². The average Bonchev–Trinajstić information content (AvgIpc) is 2.38. The molecule has 0 aliphatic carbocycles. The van der Waals surface area contributed by atoms with Crippen LogP contribution in [-0.2, 0) is 6.61 Å². The fourth-order valence-electron chi connectivity index (χ4n) is 1.61. The van der Waals surface area contributed by atoms with E-state index in [-0.39, 0.29) is 58.0 Å². The van der Waals surface area contributed by atoms with Crippen LogP contribution in [0.1, 0.15) is 5.56 Å². The van der Waals surface area contributed by atoms with Crippen LogP contribution in [-0.4, -0.2) is 6.98 Å². The van der Waals surface area contributed by atoms with Gasteiger partial charge in [0.05, 0.1) is 0 Å². The number of rotatable bonds is 4. The van der Waals surface area contributed by atoms with E-state index in [0.717, 1.165) is 6.07 Å². The van der Waals surface area contributed by atoms with Crippen LogP contribution >= 0.6 is 11.6 Å². The zero-order chi connectivity index (χ0) is 14.8. The summed E-state index contributed by atoms with van der Waals surface area (Å²) in [5.41, 5.74) is -0.336. The first kappa shape index (κ1) is 19.0. The molecule has 0 radical (unpaired) electrons. The molecule has 0 unspecified atom stereocenters. The van der Waals surface area contributed by atoms with Crippen molar-refractivity contribution < 1.29 is 73.5 Å². The third kappa shape index (κ3) is 5.26. The van der Waals surface area contributed by atoms with Gasteiger partial charge in [0, 0.05) is 10.6 Å². The number of hydrogen-bond acceptors (Lipinski definition) is 1. The third-order valence-electron chi connectivity index (χ3n) is 2.67. The van der Waals surface area contributed by atoms with Gasteiger partial charge in [-0.3, -0.25) is 0 Å². The van der Waals surface area contributed by atoms with Crippen molar-refractivity contribution >= 4 is 24.0 Å². The first-order chi connectivity index (χ1) is 9.38. The first-order valence-electron chi connectivity index (χ1n) is 5.73. The van der Waals surface area contributed by atoms with Crippen LogP contribution in [0.25, 0.3) is 0 Å². The molecule has 0 spiro atoms. The van der Waals surface area contributed by atoms with Gasteiger partial charge < -0.3 is 17.7 Å². The molecule has 0 fully saturated rings. The first-order valence-corrected chi connectivity index (χ1v) is 6.11. The summed E-state index contributed by atoms with van der Waals surface area (Å²) in [6, 6.07) is 8.77. The van der Waals surface area contributed by atoms with Crippen LogP contribution < -0.4 is 61.6 Å². The molecule has 0 N–H and O–H groups in total. The Morgan fingerprint density at radius 1 is 1.05 bits per heavy atom. The molecule has 21 heavy (non-hydrogen) atoms. The zero-order valence-electron chi connectivity index (χ0n) is 11.1. The molecule has 0 atom stereocenters. The minimum Gasteiger partial charge on any atom is -0.486 e. The summed E-state index contributed by atoms with van der Waals surface area (Å²) in [7, 11) is 0. The maximum absolute atomic E-state index is 13.4. The van der Waals surface area contributed by atoms with Crippen molar-refractivity contribution in [3.63, 3.8) is 0 Å². The summed E-state index contributed by atoms with van der Waals surface area (Å²) in [5, 5.41) is 0.407. The number of ether oxygens (including phenoxy) is 1. The van der Waals surface area contributed by atoms with E-state index in [1.807, 2.05) is 0 Å². The summed E-state index contributed by atoms with van der Waals surface area (Å²) in [6.07, 6.45) is 0. The molecule has 2 rings (SSSR count). The molecule has 0 saturated carbocycles. The molecular formula is C13H9BClF4KO. The topological polar surface area (TPSA) is 9.23 Å². The molecule has 0 amide bonds. The Hall–Kier alpha value is -0.0487. The van der Waals surface area contributed by atoms with Crippen molar-refractivity contribution in [2.75, 3.05) is 0 Å². The van der Waals surface area contributed by atoms with E-state index < -0.39 is 24.0 Å². The molecule has 106 valence electrons. The Balaban J connectivity index is 0.00000220.